The Balaban J connectivity index is 1.93. The van der Waals surface area contributed by atoms with Crippen molar-refractivity contribution in [3.05, 3.63) is 94.6 Å². The van der Waals surface area contributed by atoms with E-state index in [9.17, 15) is 31.1 Å². The molecule has 1 atom stereocenters. The smallest absolute Gasteiger partial charge is 0.357 e. The van der Waals surface area contributed by atoms with Gasteiger partial charge in [0, 0.05) is 37.1 Å². The third-order valence-corrected chi connectivity index (χ3v) is 5.52. The zero-order valence-electron chi connectivity index (χ0n) is 19.0. The van der Waals surface area contributed by atoms with Crippen LogP contribution in [0.5, 0.6) is 0 Å². The SMILES string of the molecule is CNC(=O)[C@@H](c1ccc(F)cc1F)N(CCCc1ccc(C(F)(F)F)nc1)c1ccc(F)c(C)c1. The van der Waals surface area contributed by atoms with E-state index in [1.165, 1.54) is 44.3 Å². The van der Waals surface area contributed by atoms with Crippen LogP contribution in [0.15, 0.2) is 54.7 Å². The van der Waals surface area contributed by atoms with E-state index in [2.05, 4.69) is 10.3 Å². The molecule has 1 N–H and O–H groups in total. The minimum absolute atomic E-state index is 0.0797. The fourth-order valence-corrected chi connectivity index (χ4v) is 3.72. The minimum Gasteiger partial charge on any atom is -0.357 e. The molecule has 0 aliphatic rings. The Hall–Kier alpha value is -3.56. The van der Waals surface area contributed by atoms with Gasteiger partial charge in [0.1, 0.15) is 29.2 Å². The lowest BCUT2D eigenvalue weighted by molar-refractivity contribution is -0.141. The summed E-state index contributed by atoms with van der Waals surface area (Å²) in [7, 11) is 1.37. The lowest BCUT2D eigenvalue weighted by Crippen LogP contribution is -2.40. The van der Waals surface area contributed by atoms with Crippen molar-refractivity contribution in [2.75, 3.05) is 18.5 Å². The Labute approximate surface area is 198 Å². The molecule has 0 aliphatic carbocycles. The predicted octanol–water partition coefficient (Wildman–Crippen LogP) is 5.75. The van der Waals surface area contributed by atoms with Gasteiger partial charge in [-0.05, 0) is 61.2 Å². The highest BCUT2D eigenvalue weighted by atomic mass is 19.4. The number of aryl methyl sites for hydroxylation is 2. The summed E-state index contributed by atoms with van der Waals surface area (Å²) in [6.45, 7) is 1.69. The van der Waals surface area contributed by atoms with Gasteiger partial charge in [0.2, 0.25) is 5.91 Å². The predicted molar refractivity (Wildman–Crippen MR) is 119 cm³/mol. The summed E-state index contributed by atoms with van der Waals surface area (Å²) in [4.78, 5) is 17.9. The topological polar surface area (TPSA) is 45.2 Å². The van der Waals surface area contributed by atoms with Crippen molar-refractivity contribution in [3.8, 4) is 0 Å². The van der Waals surface area contributed by atoms with Gasteiger partial charge in [0.25, 0.3) is 0 Å². The lowest BCUT2D eigenvalue weighted by Gasteiger charge is -2.33. The molecule has 0 saturated carbocycles. The van der Waals surface area contributed by atoms with Crippen LogP contribution in [0.25, 0.3) is 0 Å². The van der Waals surface area contributed by atoms with E-state index in [0.717, 1.165) is 18.3 Å². The molecule has 4 nitrogen and oxygen atoms in total. The first-order valence-electron chi connectivity index (χ1n) is 10.7. The molecule has 0 fully saturated rings. The maximum atomic E-state index is 14.7. The number of alkyl halides is 3. The molecule has 0 aliphatic heterocycles. The summed E-state index contributed by atoms with van der Waals surface area (Å²) >= 11 is 0. The van der Waals surface area contributed by atoms with Crippen molar-refractivity contribution in [1.82, 2.24) is 10.3 Å². The van der Waals surface area contributed by atoms with E-state index in [4.69, 9.17) is 0 Å². The van der Waals surface area contributed by atoms with Crippen molar-refractivity contribution < 1.29 is 31.1 Å². The van der Waals surface area contributed by atoms with Crippen LogP contribution in [-0.4, -0.2) is 24.5 Å². The second-order valence-corrected chi connectivity index (χ2v) is 7.96. The van der Waals surface area contributed by atoms with Gasteiger partial charge in [-0.2, -0.15) is 13.2 Å². The first kappa shape index (κ1) is 26.1. The van der Waals surface area contributed by atoms with E-state index >= 15 is 0 Å². The first-order chi connectivity index (χ1) is 16.5. The molecule has 1 heterocycles. The second-order valence-electron chi connectivity index (χ2n) is 7.96. The highest BCUT2D eigenvalue weighted by Gasteiger charge is 2.32. The van der Waals surface area contributed by atoms with Gasteiger partial charge >= 0.3 is 6.18 Å². The second kappa shape index (κ2) is 10.8. The molecule has 35 heavy (non-hydrogen) atoms. The number of nitrogens with one attached hydrogen (secondary N) is 1. The summed E-state index contributed by atoms with van der Waals surface area (Å²) in [5, 5.41) is 2.48. The number of aromatic nitrogens is 1. The summed E-state index contributed by atoms with van der Waals surface area (Å²) in [5.41, 5.74) is 0.180. The molecule has 3 rings (SSSR count). The lowest BCUT2D eigenvalue weighted by atomic mass is 10.0. The van der Waals surface area contributed by atoms with Crippen LogP contribution in [0.1, 0.15) is 34.8 Å². The first-order valence-corrected chi connectivity index (χ1v) is 10.7. The van der Waals surface area contributed by atoms with Crippen molar-refractivity contribution in [2.45, 2.75) is 32.0 Å². The van der Waals surface area contributed by atoms with Crippen LogP contribution in [0.2, 0.25) is 0 Å². The summed E-state index contributed by atoms with van der Waals surface area (Å²) in [6.07, 6.45) is -2.76. The Bertz CT molecular complexity index is 1180. The highest BCUT2D eigenvalue weighted by molar-refractivity contribution is 5.86. The van der Waals surface area contributed by atoms with Crippen LogP contribution in [-0.2, 0) is 17.4 Å². The maximum Gasteiger partial charge on any atom is 0.433 e. The number of likely N-dealkylation sites (N-methyl/N-ethyl adjacent to an activating group) is 1. The van der Waals surface area contributed by atoms with Gasteiger partial charge in [0.05, 0.1) is 0 Å². The quantitative estimate of drug-likeness (QED) is 0.405. The number of nitrogens with zero attached hydrogens (tertiary/aromatic N) is 2. The Morgan fingerprint density at radius 3 is 2.34 bits per heavy atom. The summed E-state index contributed by atoms with van der Waals surface area (Å²) < 4.78 is 80.5. The number of anilines is 1. The number of amides is 1. The number of benzene rings is 2. The van der Waals surface area contributed by atoms with E-state index < -0.39 is 41.3 Å². The Morgan fingerprint density at radius 1 is 1.03 bits per heavy atom. The molecule has 0 saturated heterocycles. The maximum absolute atomic E-state index is 14.7. The zero-order chi connectivity index (χ0) is 25.8. The molecule has 10 heteroatoms. The third-order valence-electron chi connectivity index (χ3n) is 5.52. The van der Waals surface area contributed by atoms with Crippen LogP contribution < -0.4 is 10.2 Å². The standard InChI is InChI=1S/C25H23F6N3O/c1-15-12-18(7-9-20(15)27)34(11-3-4-16-5-10-22(33-14-16)25(29,30)31)23(24(35)32-2)19-8-6-17(26)13-21(19)28/h5-10,12-14,23H,3-4,11H2,1-2H3,(H,32,35)/t23-/m1/s1. The number of pyridine rings is 1. The van der Waals surface area contributed by atoms with Gasteiger partial charge in [-0.25, -0.2) is 13.2 Å². The number of rotatable bonds is 8. The molecular weight excluding hydrogens is 472 g/mol. The van der Waals surface area contributed by atoms with Crippen molar-refractivity contribution in [2.24, 2.45) is 0 Å². The zero-order valence-corrected chi connectivity index (χ0v) is 19.0. The van der Waals surface area contributed by atoms with E-state index in [1.807, 2.05) is 0 Å². The van der Waals surface area contributed by atoms with Crippen LogP contribution in [0.4, 0.5) is 32.0 Å². The average molecular weight is 495 g/mol. The van der Waals surface area contributed by atoms with Gasteiger partial charge in [-0.3, -0.25) is 9.78 Å². The van der Waals surface area contributed by atoms with Gasteiger partial charge < -0.3 is 10.2 Å². The number of carbonyl (C=O) groups excluding carboxylic acids is 1. The summed E-state index contributed by atoms with van der Waals surface area (Å²) in [6, 6.07) is 8.05. The van der Waals surface area contributed by atoms with Gasteiger partial charge in [-0.1, -0.05) is 12.1 Å². The van der Waals surface area contributed by atoms with Crippen LogP contribution in [0, 0.1) is 24.4 Å². The van der Waals surface area contributed by atoms with Crippen LogP contribution >= 0.6 is 0 Å². The van der Waals surface area contributed by atoms with E-state index in [1.54, 1.807) is 4.90 Å². The third kappa shape index (κ3) is 6.32. The molecular formula is C25H23F6N3O. The molecule has 3 aromatic rings. The largest absolute Gasteiger partial charge is 0.433 e. The number of hydrogen-bond acceptors (Lipinski definition) is 3. The Morgan fingerprint density at radius 2 is 1.77 bits per heavy atom. The van der Waals surface area contributed by atoms with Crippen LogP contribution in [0.3, 0.4) is 0 Å². The molecule has 0 bridgehead atoms. The number of hydrogen-bond donors (Lipinski definition) is 1. The average Bonchev–Trinajstić information content (AvgIpc) is 2.80. The minimum atomic E-state index is -4.55. The molecule has 2 aromatic carbocycles. The monoisotopic (exact) mass is 495 g/mol. The molecule has 0 radical (unpaired) electrons. The summed E-state index contributed by atoms with van der Waals surface area (Å²) in [5.74, 6) is -2.77. The molecule has 1 amide bonds. The molecule has 0 spiro atoms. The van der Waals surface area contributed by atoms with Gasteiger partial charge in [0.15, 0.2) is 0 Å². The van der Waals surface area contributed by atoms with Crippen molar-refractivity contribution >= 4 is 11.6 Å². The molecule has 0 unspecified atom stereocenters. The van der Waals surface area contributed by atoms with Crippen molar-refractivity contribution in [3.63, 3.8) is 0 Å². The Kier molecular flexibility index (Phi) is 8.03. The number of halogens is 6. The highest BCUT2D eigenvalue weighted by Crippen LogP contribution is 2.32. The fourth-order valence-electron chi connectivity index (χ4n) is 3.72. The molecule has 1 aromatic heterocycles. The van der Waals surface area contributed by atoms with Crippen molar-refractivity contribution in [1.29, 1.82) is 0 Å². The normalized spacial score (nSPS) is 12.3. The van der Waals surface area contributed by atoms with Gasteiger partial charge in [-0.15, -0.1) is 0 Å². The molecule has 186 valence electrons. The van der Waals surface area contributed by atoms with E-state index in [0.29, 0.717) is 35.7 Å². The van der Waals surface area contributed by atoms with E-state index in [-0.39, 0.29) is 12.1 Å². The fraction of sp³-hybridized carbons (Fsp3) is 0.280. The number of carbonyl (C=O) groups is 1.